The first-order chi connectivity index (χ1) is 16.5. The van der Waals surface area contributed by atoms with Crippen LogP contribution in [0.1, 0.15) is 12.8 Å². The summed E-state index contributed by atoms with van der Waals surface area (Å²) in [6, 6.07) is 3.13. The Balaban J connectivity index is 1.20. The van der Waals surface area contributed by atoms with Crippen LogP contribution < -0.4 is 14.8 Å². The molecule has 0 atom stereocenters. The number of anilines is 1. The highest BCUT2D eigenvalue weighted by Gasteiger charge is 2.54. The number of hydrogen-bond donors (Lipinski definition) is 1. The van der Waals surface area contributed by atoms with Crippen LogP contribution >= 0.6 is 12.1 Å². The van der Waals surface area contributed by atoms with Crippen LogP contribution in [0, 0.1) is 11.2 Å². The summed E-state index contributed by atoms with van der Waals surface area (Å²) >= 11 is 0.890. The molecule has 0 amide bonds. The number of fused-ring (bicyclic) bond motifs is 1. The Morgan fingerprint density at radius 3 is 2.71 bits per heavy atom. The standard InChI is InChI=1S/C22H29F3N6O2S/c23-17-7-16-18(8-19(17)33-6-3-29-1-4-32-5-2-29)27-14-28-21(16)30-12-22(13-30)9-15(10-22)31(34-26)11-20(24)25/h7-8,14-15,20H,1-6,9-13,26H2. The van der Waals surface area contributed by atoms with E-state index in [0.717, 1.165) is 51.2 Å². The Morgan fingerprint density at radius 1 is 1.24 bits per heavy atom. The van der Waals surface area contributed by atoms with Gasteiger partial charge in [0.25, 0.3) is 6.43 Å². The third kappa shape index (κ3) is 4.92. The summed E-state index contributed by atoms with van der Waals surface area (Å²) in [7, 11) is 0. The lowest BCUT2D eigenvalue weighted by Crippen LogP contribution is -2.66. The van der Waals surface area contributed by atoms with E-state index in [0.29, 0.717) is 43.1 Å². The van der Waals surface area contributed by atoms with E-state index in [2.05, 4.69) is 19.8 Å². The first-order valence-electron chi connectivity index (χ1n) is 11.5. The van der Waals surface area contributed by atoms with Crippen LogP contribution in [0.3, 0.4) is 0 Å². The fourth-order valence-electron chi connectivity index (χ4n) is 5.25. The van der Waals surface area contributed by atoms with Gasteiger partial charge in [0.15, 0.2) is 11.6 Å². The molecule has 1 aromatic heterocycles. The van der Waals surface area contributed by atoms with Crippen LogP contribution in [-0.4, -0.2) is 90.7 Å². The Kier molecular flexibility index (Phi) is 7.03. The first kappa shape index (κ1) is 23.9. The number of alkyl halides is 2. The van der Waals surface area contributed by atoms with Gasteiger partial charge in [-0.15, -0.1) is 0 Å². The average Bonchev–Trinajstić information content (AvgIpc) is 2.77. The fourth-order valence-corrected chi connectivity index (χ4v) is 5.77. The number of hydrogen-bond acceptors (Lipinski definition) is 9. The number of ether oxygens (including phenoxy) is 2. The van der Waals surface area contributed by atoms with Crippen LogP contribution in [-0.2, 0) is 4.74 Å². The van der Waals surface area contributed by atoms with Crippen molar-refractivity contribution in [1.82, 2.24) is 19.2 Å². The second kappa shape index (κ2) is 10.0. The topological polar surface area (TPSA) is 80.0 Å². The Hall–Kier alpha value is -1.86. The molecule has 0 radical (unpaired) electrons. The van der Waals surface area contributed by atoms with E-state index in [9.17, 15) is 13.2 Å². The van der Waals surface area contributed by atoms with Crippen LogP contribution in [0.5, 0.6) is 5.75 Å². The molecular formula is C22H29F3N6O2S. The zero-order chi connectivity index (χ0) is 23.7. The molecule has 1 aromatic carbocycles. The summed E-state index contributed by atoms with van der Waals surface area (Å²) < 4.78 is 53.0. The largest absolute Gasteiger partial charge is 0.489 e. The van der Waals surface area contributed by atoms with E-state index in [1.165, 1.54) is 12.4 Å². The average molecular weight is 499 g/mol. The van der Waals surface area contributed by atoms with Crippen molar-refractivity contribution in [2.75, 3.05) is 64.0 Å². The summed E-state index contributed by atoms with van der Waals surface area (Å²) in [6.07, 6.45) is 0.718. The van der Waals surface area contributed by atoms with Crippen molar-refractivity contribution < 1.29 is 22.6 Å². The lowest BCUT2D eigenvalue weighted by Gasteiger charge is -2.61. The summed E-state index contributed by atoms with van der Waals surface area (Å²) in [4.78, 5) is 13.1. The zero-order valence-corrected chi connectivity index (χ0v) is 19.7. The van der Waals surface area contributed by atoms with Crippen molar-refractivity contribution in [2.45, 2.75) is 25.3 Å². The maximum absolute atomic E-state index is 14.8. The lowest BCUT2D eigenvalue weighted by molar-refractivity contribution is -0.000195. The third-order valence-electron chi connectivity index (χ3n) is 6.99. The number of halogens is 3. The molecule has 2 aromatic rings. The lowest BCUT2D eigenvalue weighted by atomic mass is 9.60. The van der Waals surface area contributed by atoms with Gasteiger partial charge in [0.2, 0.25) is 0 Å². The second-order valence-corrected chi connectivity index (χ2v) is 9.99. The molecule has 1 saturated carbocycles. The van der Waals surface area contributed by atoms with E-state index < -0.39 is 12.2 Å². The Morgan fingerprint density at radius 2 is 2.00 bits per heavy atom. The van der Waals surface area contributed by atoms with Gasteiger partial charge >= 0.3 is 0 Å². The Bertz CT molecular complexity index is 998. The molecule has 5 rings (SSSR count). The van der Waals surface area contributed by atoms with Crippen molar-refractivity contribution in [2.24, 2.45) is 10.6 Å². The minimum Gasteiger partial charge on any atom is -0.489 e. The number of aromatic nitrogens is 2. The molecule has 12 heteroatoms. The Labute approximate surface area is 200 Å². The molecule has 1 aliphatic carbocycles. The number of nitrogens with zero attached hydrogens (tertiary/aromatic N) is 5. The number of nitrogens with two attached hydrogens (primary N) is 1. The summed E-state index contributed by atoms with van der Waals surface area (Å²) in [5, 5.41) is 6.23. The van der Waals surface area contributed by atoms with E-state index in [1.54, 1.807) is 10.4 Å². The van der Waals surface area contributed by atoms with Crippen molar-refractivity contribution in [3.05, 3.63) is 24.3 Å². The highest BCUT2D eigenvalue weighted by atomic mass is 32.2. The van der Waals surface area contributed by atoms with Gasteiger partial charge < -0.3 is 14.4 Å². The predicted octanol–water partition coefficient (Wildman–Crippen LogP) is 2.54. The minimum absolute atomic E-state index is 0.0582. The number of rotatable bonds is 9. The molecule has 8 nitrogen and oxygen atoms in total. The van der Waals surface area contributed by atoms with E-state index in [1.807, 2.05) is 0 Å². The smallest absolute Gasteiger partial charge is 0.252 e. The molecule has 2 saturated heterocycles. The van der Waals surface area contributed by atoms with E-state index in [-0.39, 0.29) is 23.8 Å². The molecule has 3 heterocycles. The van der Waals surface area contributed by atoms with Crippen molar-refractivity contribution in [3.63, 3.8) is 0 Å². The van der Waals surface area contributed by atoms with Gasteiger partial charge in [-0.2, -0.15) is 0 Å². The predicted molar refractivity (Wildman–Crippen MR) is 124 cm³/mol. The van der Waals surface area contributed by atoms with Crippen molar-refractivity contribution in [1.29, 1.82) is 0 Å². The maximum atomic E-state index is 14.8. The molecule has 1 spiro atoms. The summed E-state index contributed by atoms with van der Waals surface area (Å²) in [5.41, 5.74) is 0.710. The van der Waals surface area contributed by atoms with Gasteiger partial charge in [-0.3, -0.25) is 10.0 Å². The summed E-state index contributed by atoms with van der Waals surface area (Å²) in [5.74, 6) is 0.438. The molecule has 3 fully saturated rings. The van der Waals surface area contributed by atoms with Crippen LogP contribution in [0.2, 0.25) is 0 Å². The molecule has 2 N–H and O–H groups in total. The molecule has 186 valence electrons. The SMILES string of the molecule is NSN(CC(F)F)C1CC2(C1)CN(c1ncnc3cc(OCCN4CCOCC4)c(F)cc13)C2. The van der Waals surface area contributed by atoms with Crippen LogP contribution in [0.4, 0.5) is 19.0 Å². The zero-order valence-electron chi connectivity index (χ0n) is 18.8. The normalized spacial score (nSPS) is 20.8. The molecule has 2 aliphatic heterocycles. The van der Waals surface area contributed by atoms with Gasteiger partial charge in [-0.05, 0) is 18.9 Å². The fraction of sp³-hybridized carbons (Fsp3) is 0.636. The van der Waals surface area contributed by atoms with Crippen LogP contribution in [0.25, 0.3) is 10.9 Å². The molecular weight excluding hydrogens is 469 g/mol. The van der Waals surface area contributed by atoms with Gasteiger partial charge in [-0.25, -0.2) is 27.4 Å². The highest BCUT2D eigenvalue weighted by molar-refractivity contribution is 7.94. The minimum atomic E-state index is -2.40. The number of morpholine rings is 1. The second-order valence-electron chi connectivity index (χ2n) is 9.31. The van der Waals surface area contributed by atoms with Gasteiger partial charge in [-0.1, -0.05) is 0 Å². The third-order valence-corrected chi connectivity index (χ3v) is 7.70. The maximum Gasteiger partial charge on any atom is 0.252 e. The van der Waals surface area contributed by atoms with Gasteiger partial charge in [0.05, 0.1) is 25.3 Å². The molecule has 0 bridgehead atoms. The molecule has 0 unspecified atom stereocenters. The van der Waals surface area contributed by atoms with Gasteiger partial charge in [0.1, 0.15) is 18.8 Å². The molecule has 3 aliphatic rings. The van der Waals surface area contributed by atoms with E-state index in [4.69, 9.17) is 14.6 Å². The monoisotopic (exact) mass is 498 g/mol. The number of benzene rings is 1. The summed E-state index contributed by atoms with van der Waals surface area (Å²) in [6.45, 7) is 5.42. The molecule has 34 heavy (non-hydrogen) atoms. The van der Waals surface area contributed by atoms with Gasteiger partial charge in [0, 0.05) is 67.8 Å². The first-order valence-corrected chi connectivity index (χ1v) is 12.3. The van der Waals surface area contributed by atoms with Crippen molar-refractivity contribution >= 4 is 28.9 Å². The quantitative estimate of drug-likeness (QED) is 0.525. The highest BCUT2D eigenvalue weighted by Crippen LogP contribution is 2.52. The van der Waals surface area contributed by atoms with E-state index >= 15 is 0 Å². The van der Waals surface area contributed by atoms with Crippen molar-refractivity contribution in [3.8, 4) is 5.75 Å². The van der Waals surface area contributed by atoms with Crippen LogP contribution in [0.15, 0.2) is 18.5 Å².